The number of phenols is 1. The van der Waals surface area contributed by atoms with Crippen LogP contribution in [0.3, 0.4) is 0 Å². The number of nitrogens with zero attached hydrogens (tertiary/aromatic N) is 2. The quantitative estimate of drug-likeness (QED) is 0.862. The monoisotopic (exact) mass is 288 g/mol. The molecule has 2 aliphatic rings. The number of phenolic OH excluding ortho intramolecular Hbond substituents is 1. The molecular formula is C17H24N2O2. The number of benzene rings is 1. The molecule has 1 aromatic rings. The van der Waals surface area contributed by atoms with Crippen LogP contribution in [0.25, 0.3) is 0 Å². The molecule has 4 heteroatoms. The Hall–Kier alpha value is -1.55. The number of hydrogen-bond acceptors (Lipinski definition) is 3. The van der Waals surface area contributed by atoms with Gasteiger partial charge in [-0.1, -0.05) is 6.07 Å². The van der Waals surface area contributed by atoms with Crippen molar-refractivity contribution < 1.29 is 9.90 Å². The number of likely N-dealkylation sites (tertiary alicyclic amines) is 2. The molecule has 0 radical (unpaired) electrons. The molecule has 2 atom stereocenters. The van der Waals surface area contributed by atoms with Crippen molar-refractivity contribution in [3.05, 3.63) is 29.3 Å². The van der Waals surface area contributed by atoms with Crippen LogP contribution in [-0.4, -0.2) is 53.5 Å². The SMILES string of the molecule is Cc1ccc(C(=O)N2CCC3C(CCCN3C)C2)cc1O. The Morgan fingerprint density at radius 1 is 1.29 bits per heavy atom. The van der Waals surface area contributed by atoms with Gasteiger partial charge in [0, 0.05) is 24.7 Å². The minimum absolute atomic E-state index is 0.0528. The van der Waals surface area contributed by atoms with E-state index < -0.39 is 0 Å². The molecule has 2 aliphatic heterocycles. The van der Waals surface area contributed by atoms with Gasteiger partial charge in [-0.3, -0.25) is 4.79 Å². The summed E-state index contributed by atoms with van der Waals surface area (Å²) in [5.41, 5.74) is 1.40. The van der Waals surface area contributed by atoms with Gasteiger partial charge < -0.3 is 14.9 Å². The average molecular weight is 288 g/mol. The van der Waals surface area contributed by atoms with Crippen LogP contribution in [-0.2, 0) is 0 Å². The fourth-order valence-corrected chi connectivity index (χ4v) is 3.76. The van der Waals surface area contributed by atoms with Crippen molar-refractivity contribution >= 4 is 5.91 Å². The van der Waals surface area contributed by atoms with E-state index >= 15 is 0 Å². The Labute approximate surface area is 126 Å². The third kappa shape index (κ3) is 2.77. The summed E-state index contributed by atoms with van der Waals surface area (Å²) in [5.74, 6) is 0.852. The van der Waals surface area contributed by atoms with Gasteiger partial charge >= 0.3 is 0 Å². The predicted molar refractivity (Wildman–Crippen MR) is 82.5 cm³/mol. The maximum atomic E-state index is 12.6. The number of piperidine rings is 2. The van der Waals surface area contributed by atoms with Crippen LogP contribution in [0.1, 0.15) is 35.2 Å². The summed E-state index contributed by atoms with van der Waals surface area (Å²) in [6.45, 7) is 4.69. The van der Waals surface area contributed by atoms with E-state index in [9.17, 15) is 9.90 Å². The maximum absolute atomic E-state index is 12.6. The van der Waals surface area contributed by atoms with Crippen molar-refractivity contribution in [1.29, 1.82) is 0 Å². The van der Waals surface area contributed by atoms with Gasteiger partial charge in [-0.05, 0) is 63.4 Å². The van der Waals surface area contributed by atoms with Crippen LogP contribution in [0.2, 0.25) is 0 Å². The molecule has 0 aliphatic carbocycles. The first-order valence-corrected chi connectivity index (χ1v) is 7.85. The van der Waals surface area contributed by atoms with Crippen molar-refractivity contribution in [2.75, 3.05) is 26.7 Å². The normalized spacial score (nSPS) is 26.5. The molecule has 1 N–H and O–H groups in total. The lowest BCUT2D eigenvalue weighted by Gasteiger charge is -2.46. The van der Waals surface area contributed by atoms with Crippen LogP contribution in [0.5, 0.6) is 5.75 Å². The summed E-state index contributed by atoms with van der Waals surface area (Å²) in [4.78, 5) is 17.0. The molecule has 2 unspecified atom stereocenters. The molecule has 1 amide bonds. The highest BCUT2D eigenvalue weighted by Gasteiger charge is 2.35. The third-order valence-corrected chi connectivity index (χ3v) is 5.09. The number of rotatable bonds is 1. The van der Waals surface area contributed by atoms with E-state index in [-0.39, 0.29) is 11.7 Å². The second-order valence-corrected chi connectivity index (χ2v) is 6.49. The number of amides is 1. The number of carbonyl (C=O) groups is 1. The lowest BCUT2D eigenvalue weighted by molar-refractivity contribution is 0.0316. The van der Waals surface area contributed by atoms with Crippen molar-refractivity contribution in [2.45, 2.75) is 32.2 Å². The van der Waals surface area contributed by atoms with E-state index in [1.54, 1.807) is 6.07 Å². The van der Waals surface area contributed by atoms with E-state index in [0.717, 1.165) is 25.1 Å². The Morgan fingerprint density at radius 3 is 2.86 bits per heavy atom. The molecule has 0 aromatic heterocycles. The Kier molecular flexibility index (Phi) is 3.89. The number of fused-ring (bicyclic) bond motifs is 1. The zero-order valence-electron chi connectivity index (χ0n) is 12.9. The van der Waals surface area contributed by atoms with E-state index in [2.05, 4.69) is 11.9 Å². The molecule has 3 rings (SSSR count). The first kappa shape index (κ1) is 14.4. The van der Waals surface area contributed by atoms with Crippen LogP contribution in [0.15, 0.2) is 18.2 Å². The van der Waals surface area contributed by atoms with Gasteiger partial charge in [-0.25, -0.2) is 0 Å². The maximum Gasteiger partial charge on any atom is 0.253 e. The van der Waals surface area contributed by atoms with Crippen LogP contribution in [0.4, 0.5) is 0 Å². The van der Waals surface area contributed by atoms with E-state index in [1.807, 2.05) is 24.0 Å². The Morgan fingerprint density at radius 2 is 2.10 bits per heavy atom. The minimum Gasteiger partial charge on any atom is -0.508 e. The topological polar surface area (TPSA) is 43.8 Å². The Balaban J connectivity index is 1.72. The van der Waals surface area contributed by atoms with Crippen LogP contribution < -0.4 is 0 Å². The fraction of sp³-hybridized carbons (Fsp3) is 0.588. The standard InChI is InChI=1S/C17H24N2O2/c1-12-5-6-13(10-16(12)20)17(21)19-9-7-15-14(11-19)4-3-8-18(15)2/h5-6,10,14-15,20H,3-4,7-9,11H2,1-2H3. The first-order valence-electron chi connectivity index (χ1n) is 7.85. The summed E-state index contributed by atoms with van der Waals surface area (Å²) in [6, 6.07) is 5.85. The minimum atomic E-state index is 0.0528. The molecule has 2 saturated heterocycles. The molecule has 0 saturated carbocycles. The predicted octanol–water partition coefficient (Wildman–Crippen LogP) is 2.26. The van der Waals surface area contributed by atoms with Crippen molar-refractivity contribution in [1.82, 2.24) is 9.80 Å². The van der Waals surface area contributed by atoms with Crippen molar-refractivity contribution in [3.8, 4) is 5.75 Å². The molecule has 0 spiro atoms. The van der Waals surface area contributed by atoms with E-state index in [4.69, 9.17) is 0 Å². The molecule has 21 heavy (non-hydrogen) atoms. The summed E-state index contributed by atoms with van der Waals surface area (Å²) in [5, 5.41) is 9.79. The van der Waals surface area contributed by atoms with Gasteiger partial charge in [-0.15, -0.1) is 0 Å². The molecule has 2 fully saturated rings. The van der Waals surface area contributed by atoms with E-state index in [0.29, 0.717) is 17.5 Å². The van der Waals surface area contributed by atoms with Gasteiger partial charge in [0.25, 0.3) is 5.91 Å². The number of hydrogen-bond donors (Lipinski definition) is 1. The molecule has 2 heterocycles. The number of aromatic hydroxyl groups is 1. The summed E-state index contributed by atoms with van der Waals surface area (Å²) < 4.78 is 0. The molecule has 114 valence electrons. The van der Waals surface area contributed by atoms with Gasteiger partial charge in [-0.2, -0.15) is 0 Å². The number of carbonyl (C=O) groups excluding carboxylic acids is 1. The van der Waals surface area contributed by atoms with Gasteiger partial charge in [0.05, 0.1) is 0 Å². The highest BCUT2D eigenvalue weighted by atomic mass is 16.3. The second-order valence-electron chi connectivity index (χ2n) is 6.49. The smallest absolute Gasteiger partial charge is 0.253 e. The van der Waals surface area contributed by atoms with Crippen molar-refractivity contribution in [3.63, 3.8) is 0 Å². The second kappa shape index (κ2) is 5.68. The Bertz CT molecular complexity index is 544. The summed E-state index contributed by atoms with van der Waals surface area (Å²) in [7, 11) is 2.20. The molecule has 4 nitrogen and oxygen atoms in total. The molecular weight excluding hydrogens is 264 g/mol. The van der Waals surface area contributed by atoms with Gasteiger partial charge in [0.1, 0.15) is 5.75 Å². The zero-order chi connectivity index (χ0) is 15.0. The number of aryl methyl sites for hydroxylation is 1. The highest BCUT2D eigenvalue weighted by Crippen LogP contribution is 2.30. The van der Waals surface area contributed by atoms with Crippen molar-refractivity contribution in [2.24, 2.45) is 5.92 Å². The van der Waals surface area contributed by atoms with Crippen LogP contribution in [0, 0.1) is 12.8 Å². The highest BCUT2D eigenvalue weighted by molar-refractivity contribution is 5.94. The lowest BCUT2D eigenvalue weighted by Crippen LogP contribution is -2.53. The first-order chi connectivity index (χ1) is 10.1. The largest absolute Gasteiger partial charge is 0.508 e. The lowest BCUT2D eigenvalue weighted by atomic mass is 9.84. The third-order valence-electron chi connectivity index (χ3n) is 5.09. The van der Waals surface area contributed by atoms with E-state index in [1.165, 1.54) is 19.4 Å². The van der Waals surface area contributed by atoms with Gasteiger partial charge in [0.2, 0.25) is 0 Å². The van der Waals surface area contributed by atoms with Gasteiger partial charge in [0.15, 0.2) is 0 Å². The summed E-state index contributed by atoms with van der Waals surface area (Å²) in [6.07, 6.45) is 3.51. The average Bonchev–Trinajstić information content (AvgIpc) is 2.49. The zero-order valence-corrected chi connectivity index (χ0v) is 12.9. The molecule has 1 aromatic carbocycles. The molecule has 0 bridgehead atoms. The fourth-order valence-electron chi connectivity index (χ4n) is 3.76. The van der Waals surface area contributed by atoms with Crippen LogP contribution >= 0.6 is 0 Å². The summed E-state index contributed by atoms with van der Waals surface area (Å²) >= 11 is 0.